The van der Waals surface area contributed by atoms with Crippen LogP contribution in [-0.2, 0) is 0 Å². The topological polar surface area (TPSA) is 65.0 Å². The molecule has 0 heterocycles. The fourth-order valence-corrected chi connectivity index (χ4v) is 2.79. The van der Waals surface area contributed by atoms with Gasteiger partial charge in [0.05, 0.1) is 17.7 Å². The SMILES string of the molecule is COc1cc(C(=O)O)cc(Cl)c1OCCOc1cc(C)ccc1C(C)C. The molecule has 0 fully saturated rings. The highest BCUT2D eigenvalue weighted by Gasteiger charge is 2.15. The summed E-state index contributed by atoms with van der Waals surface area (Å²) in [5.41, 5.74) is 2.30. The van der Waals surface area contributed by atoms with Crippen LogP contribution < -0.4 is 14.2 Å². The lowest BCUT2D eigenvalue weighted by Gasteiger charge is -2.16. The van der Waals surface area contributed by atoms with Gasteiger partial charge in [-0.2, -0.15) is 0 Å². The fraction of sp³-hybridized carbons (Fsp3) is 0.350. The summed E-state index contributed by atoms with van der Waals surface area (Å²) < 4.78 is 16.7. The average molecular weight is 379 g/mol. The molecule has 0 bridgehead atoms. The smallest absolute Gasteiger partial charge is 0.335 e. The van der Waals surface area contributed by atoms with E-state index >= 15 is 0 Å². The quantitative estimate of drug-likeness (QED) is 0.659. The van der Waals surface area contributed by atoms with E-state index in [0.717, 1.165) is 16.9 Å². The van der Waals surface area contributed by atoms with Crippen LogP contribution in [0, 0.1) is 6.92 Å². The summed E-state index contributed by atoms with van der Waals surface area (Å²) in [6.07, 6.45) is 0. The van der Waals surface area contributed by atoms with Gasteiger partial charge in [-0.1, -0.05) is 37.6 Å². The molecular weight excluding hydrogens is 356 g/mol. The second kappa shape index (κ2) is 8.81. The number of rotatable bonds is 8. The molecule has 2 rings (SSSR count). The van der Waals surface area contributed by atoms with Gasteiger partial charge >= 0.3 is 5.97 Å². The van der Waals surface area contributed by atoms with Gasteiger partial charge < -0.3 is 19.3 Å². The summed E-state index contributed by atoms with van der Waals surface area (Å²) in [6, 6.07) is 8.85. The van der Waals surface area contributed by atoms with Gasteiger partial charge in [-0.25, -0.2) is 4.79 Å². The van der Waals surface area contributed by atoms with Crippen molar-refractivity contribution in [3.63, 3.8) is 0 Å². The number of ether oxygens (including phenoxy) is 3. The van der Waals surface area contributed by atoms with Crippen LogP contribution in [0.2, 0.25) is 5.02 Å². The van der Waals surface area contributed by atoms with Crippen molar-refractivity contribution in [2.75, 3.05) is 20.3 Å². The highest BCUT2D eigenvalue weighted by Crippen LogP contribution is 2.36. The highest BCUT2D eigenvalue weighted by atomic mass is 35.5. The van der Waals surface area contributed by atoms with Crippen molar-refractivity contribution in [1.29, 1.82) is 0 Å². The Morgan fingerprint density at radius 1 is 1.12 bits per heavy atom. The van der Waals surface area contributed by atoms with Crippen LogP contribution in [-0.4, -0.2) is 31.4 Å². The zero-order chi connectivity index (χ0) is 19.3. The molecule has 5 nitrogen and oxygen atoms in total. The molecule has 0 unspecified atom stereocenters. The number of hydrogen-bond donors (Lipinski definition) is 1. The van der Waals surface area contributed by atoms with Crippen molar-refractivity contribution < 1.29 is 24.1 Å². The minimum Gasteiger partial charge on any atom is -0.493 e. The lowest BCUT2D eigenvalue weighted by Crippen LogP contribution is -2.11. The monoisotopic (exact) mass is 378 g/mol. The zero-order valence-corrected chi connectivity index (χ0v) is 16.1. The summed E-state index contributed by atoms with van der Waals surface area (Å²) in [7, 11) is 1.43. The summed E-state index contributed by atoms with van der Waals surface area (Å²) >= 11 is 6.13. The number of halogens is 1. The first-order chi connectivity index (χ1) is 12.3. The van der Waals surface area contributed by atoms with Gasteiger partial charge in [0.1, 0.15) is 19.0 Å². The van der Waals surface area contributed by atoms with E-state index in [2.05, 4.69) is 26.0 Å². The van der Waals surface area contributed by atoms with E-state index in [0.29, 0.717) is 18.3 Å². The predicted molar refractivity (Wildman–Crippen MR) is 101 cm³/mol. The van der Waals surface area contributed by atoms with E-state index in [4.69, 9.17) is 30.9 Å². The van der Waals surface area contributed by atoms with Crippen LogP contribution in [0.3, 0.4) is 0 Å². The normalized spacial score (nSPS) is 10.7. The molecule has 6 heteroatoms. The van der Waals surface area contributed by atoms with Crippen molar-refractivity contribution in [3.8, 4) is 17.2 Å². The van der Waals surface area contributed by atoms with Crippen LogP contribution in [0.15, 0.2) is 30.3 Å². The molecule has 0 aliphatic heterocycles. The average Bonchev–Trinajstić information content (AvgIpc) is 2.58. The summed E-state index contributed by atoms with van der Waals surface area (Å²) in [6.45, 7) is 6.81. The van der Waals surface area contributed by atoms with E-state index in [1.54, 1.807) is 0 Å². The molecule has 0 saturated carbocycles. The van der Waals surface area contributed by atoms with E-state index in [9.17, 15) is 4.79 Å². The lowest BCUT2D eigenvalue weighted by molar-refractivity contribution is 0.0696. The molecule has 0 aliphatic carbocycles. The second-order valence-electron chi connectivity index (χ2n) is 6.19. The Hall–Kier alpha value is -2.40. The molecule has 26 heavy (non-hydrogen) atoms. The first-order valence-electron chi connectivity index (χ1n) is 8.30. The Bertz CT molecular complexity index is 786. The van der Waals surface area contributed by atoms with Crippen molar-refractivity contribution in [2.24, 2.45) is 0 Å². The Morgan fingerprint density at radius 2 is 1.81 bits per heavy atom. The molecular formula is C20H23ClO5. The van der Waals surface area contributed by atoms with Gasteiger partial charge in [0, 0.05) is 0 Å². The third kappa shape index (κ3) is 4.82. The molecule has 0 saturated heterocycles. The van der Waals surface area contributed by atoms with Crippen LogP contribution in [0.5, 0.6) is 17.2 Å². The van der Waals surface area contributed by atoms with Gasteiger partial charge in [0.15, 0.2) is 11.5 Å². The third-order valence-corrected chi connectivity index (χ3v) is 4.14. The van der Waals surface area contributed by atoms with Gasteiger partial charge in [-0.3, -0.25) is 0 Å². The maximum Gasteiger partial charge on any atom is 0.335 e. The van der Waals surface area contributed by atoms with Gasteiger partial charge in [0.25, 0.3) is 0 Å². The molecule has 2 aromatic rings. The standard InChI is InChI=1S/C20H23ClO5/c1-12(2)15-6-5-13(3)9-17(15)25-7-8-26-19-16(21)10-14(20(22)23)11-18(19)24-4/h5-6,9-12H,7-8H2,1-4H3,(H,22,23). The second-order valence-corrected chi connectivity index (χ2v) is 6.59. The maximum atomic E-state index is 11.1. The van der Waals surface area contributed by atoms with E-state index in [1.807, 2.05) is 13.0 Å². The minimum absolute atomic E-state index is 0.0387. The number of aromatic carboxylic acids is 1. The highest BCUT2D eigenvalue weighted by molar-refractivity contribution is 6.32. The number of hydrogen-bond acceptors (Lipinski definition) is 4. The Kier molecular flexibility index (Phi) is 6.75. The van der Waals surface area contributed by atoms with Crippen molar-refractivity contribution in [2.45, 2.75) is 26.7 Å². The number of carbonyl (C=O) groups is 1. The number of carboxylic acids is 1. The zero-order valence-electron chi connectivity index (χ0n) is 15.3. The lowest BCUT2D eigenvalue weighted by atomic mass is 10.0. The van der Waals surface area contributed by atoms with E-state index < -0.39 is 5.97 Å². The molecule has 0 atom stereocenters. The number of carboxylic acid groups (broad SMARTS) is 1. The summed E-state index contributed by atoms with van der Waals surface area (Å²) in [4.78, 5) is 11.1. The summed E-state index contributed by atoms with van der Waals surface area (Å²) in [5.74, 6) is 0.678. The van der Waals surface area contributed by atoms with Crippen LogP contribution in [0.1, 0.15) is 41.3 Å². The largest absolute Gasteiger partial charge is 0.493 e. The van der Waals surface area contributed by atoms with Crippen molar-refractivity contribution in [1.82, 2.24) is 0 Å². The Balaban J connectivity index is 2.05. The molecule has 0 aromatic heterocycles. The molecule has 1 N–H and O–H groups in total. The molecule has 0 spiro atoms. The van der Waals surface area contributed by atoms with Gasteiger partial charge in [-0.05, 0) is 42.2 Å². The molecule has 0 radical (unpaired) electrons. The van der Waals surface area contributed by atoms with E-state index in [-0.39, 0.29) is 22.9 Å². The first-order valence-corrected chi connectivity index (χ1v) is 8.68. The van der Waals surface area contributed by atoms with Gasteiger partial charge in [0.2, 0.25) is 0 Å². The van der Waals surface area contributed by atoms with Crippen LogP contribution in [0.4, 0.5) is 0 Å². The molecule has 2 aromatic carbocycles. The van der Waals surface area contributed by atoms with E-state index in [1.165, 1.54) is 19.2 Å². The number of aryl methyl sites for hydroxylation is 1. The molecule has 0 aliphatic rings. The maximum absolute atomic E-state index is 11.1. The molecule has 140 valence electrons. The molecule has 0 amide bonds. The fourth-order valence-electron chi connectivity index (χ4n) is 2.52. The van der Waals surface area contributed by atoms with Crippen LogP contribution in [0.25, 0.3) is 0 Å². The minimum atomic E-state index is -1.08. The Morgan fingerprint density at radius 3 is 2.42 bits per heavy atom. The number of benzene rings is 2. The predicted octanol–water partition coefficient (Wildman–Crippen LogP) is 4.94. The first kappa shape index (κ1) is 19.9. The van der Waals surface area contributed by atoms with Crippen LogP contribution >= 0.6 is 11.6 Å². The Labute approximate surface area is 158 Å². The van der Waals surface area contributed by atoms with Crippen molar-refractivity contribution >= 4 is 17.6 Å². The van der Waals surface area contributed by atoms with Crippen molar-refractivity contribution in [3.05, 3.63) is 52.0 Å². The van der Waals surface area contributed by atoms with Gasteiger partial charge in [-0.15, -0.1) is 0 Å². The summed E-state index contributed by atoms with van der Waals surface area (Å²) in [5, 5.41) is 9.26. The third-order valence-electron chi connectivity index (χ3n) is 3.85. The number of methoxy groups -OCH3 is 1.